The van der Waals surface area contributed by atoms with Crippen LogP contribution in [-0.2, 0) is 4.79 Å². The van der Waals surface area contributed by atoms with E-state index in [0.29, 0.717) is 17.3 Å². The smallest absolute Gasteiger partial charge is 0.272 e. The number of hydrogen-bond donors (Lipinski definition) is 1. The van der Waals surface area contributed by atoms with Crippen molar-refractivity contribution >= 4 is 23.2 Å². The minimum absolute atomic E-state index is 0.167. The van der Waals surface area contributed by atoms with E-state index < -0.39 is 28.9 Å². The molecule has 0 heterocycles. The molecule has 0 radical (unpaired) electrons. The molecule has 0 saturated carbocycles. The van der Waals surface area contributed by atoms with Crippen LogP contribution in [0.2, 0.25) is 0 Å². The Kier molecular flexibility index (Phi) is 5.84. The van der Waals surface area contributed by atoms with Crippen LogP contribution in [0.15, 0.2) is 42.5 Å². The zero-order chi connectivity index (χ0) is 19.3. The topological polar surface area (TPSA) is 102 Å². The Balaban J connectivity index is 1.93. The molecule has 0 spiro atoms. The molecule has 0 saturated heterocycles. The van der Waals surface area contributed by atoms with Crippen LogP contribution in [-0.4, -0.2) is 42.3 Å². The van der Waals surface area contributed by atoms with Crippen LogP contribution in [0.5, 0.6) is 5.75 Å². The third-order valence-corrected chi connectivity index (χ3v) is 3.31. The van der Waals surface area contributed by atoms with Gasteiger partial charge in [-0.25, -0.2) is 4.39 Å². The van der Waals surface area contributed by atoms with Crippen molar-refractivity contribution in [3.63, 3.8) is 0 Å². The van der Waals surface area contributed by atoms with Crippen molar-refractivity contribution in [1.29, 1.82) is 0 Å². The summed E-state index contributed by atoms with van der Waals surface area (Å²) < 4.78 is 18.7. The second kappa shape index (κ2) is 8.06. The van der Waals surface area contributed by atoms with E-state index in [2.05, 4.69) is 5.32 Å². The summed E-state index contributed by atoms with van der Waals surface area (Å²) in [4.78, 5) is 34.9. The first-order valence-electron chi connectivity index (χ1n) is 7.46. The summed E-state index contributed by atoms with van der Waals surface area (Å²) in [5.41, 5.74) is 0.502. The summed E-state index contributed by atoms with van der Waals surface area (Å²) in [5.74, 6) is -1.91. The molecule has 136 valence electrons. The molecular weight excluding hydrogens is 345 g/mol. The highest BCUT2D eigenvalue weighted by Crippen LogP contribution is 2.22. The highest BCUT2D eigenvalue weighted by molar-refractivity contribution is 5.95. The number of non-ortho nitro benzene ring substituents is 1. The molecule has 0 aliphatic rings. The molecule has 2 amide bonds. The van der Waals surface area contributed by atoms with Gasteiger partial charge in [0.05, 0.1) is 11.0 Å². The van der Waals surface area contributed by atoms with E-state index in [4.69, 9.17) is 4.74 Å². The third kappa shape index (κ3) is 4.76. The second-order valence-corrected chi connectivity index (χ2v) is 5.49. The van der Waals surface area contributed by atoms with Gasteiger partial charge in [0.1, 0.15) is 0 Å². The minimum atomic E-state index is -0.932. The number of amides is 2. The maximum Gasteiger partial charge on any atom is 0.272 e. The Hall–Kier alpha value is -3.49. The predicted octanol–water partition coefficient (Wildman–Crippen LogP) is 2.45. The van der Waals surface area contributed by atoms with Gasteiger partial charge in [0.15, 0.2) is 18.2 Å². The number of hydrogen-bond acceptors (Lipinski definition) is 5. The van der Waals surface area contributed by atoms with Crippen LogP contribution in [0.4, 0.5) is 15.8 Å². The molecule has 2 rings (SSSR count). The average molecular weight is 361 g/mol. The van der Waals surface area contributed by atoms with Crippen molar-refractivity contribution in [1.82, 2.24) is 4.90 Å². The summed E-state index contributed by atoms with van der Waals surface area (Å²) in [6, 6.07) is 9.12. The SMILES string of the molecule is CN(C)C(=O)c1ccc(NC(=O)COc2ccc([N+](=O)[O-])cc2F)cc1. The number of nitro groups is 1. The lowest BCUT2D eigenvalue weighted by Crippen LogP contribution is -2.22. The van der Waals surface area contributed by atoms with Crippen molar-refractivity contribution in [2.45, 2.75) is 0 Å². The van der Waals surface area contributed by atoms with Gasteiger partial charge in [-0.15, -0.1) is 0 Å². The monoisotopic (exact) mass is 361 g/mol. The van der Waals surface area contributed by atoms with Crippen LogP contribution >= 0.6 is 0 Å². The highest BCUT2D eigenvalue weighted by atomic mass is 19.1. The molecule has 0 aliphatic carbocycles. The lowest BCUT2D eigenvalue weighted by molar-refractivity contribution is -0.385. The number of carbonyl (C=O) groups excluding carboxylic acids is 2. The highest BCUT2D eigenvalue weighted by Gasteiger charge is 2.13. The van der Waals surface area contributed by atoms with Gasteiger partial charge in [0.2, 0.25) is 0 Å². The van der Waals surface area contributed by atoms with Gasteiger partial charge >= 0.3 is 0 Å². The molecule has 0 unspecified atom stereocenters. The third-order valence-electron chi connectivity index (χ3n) is 3.31. The first kappa shape index (κ1) is 18.8. The molecule has 26 heavy (non-hydrogen) atoms. The number of ether oxygens (including phenoxy) is 1. The van der Waals surface area contributed by atoms with Gasteiger partial charge < -0.3 is 15.0 Å². The van der Waals surface area contributed by atoms with E-state index in [0.717, 1.165) is 12.1 Å². The maximum absolute atomic E-state index is 13.7. The van der Waals surface area contributed by atoms with Crippen LogP contribution in [0.25, 0.3) is 0 Å². The van der Waals surface area contributed by atoms with E-state index in [1.807, 2.05) is 0 Å². The molecular formula is C17H16FN3O5. The second-order valence-electron chi connectivity index (χ2n) is 5.49. The van der Waals surface area contributed by atoms with Gasteiger partial charge in [0.25, 0.3) is 17.5 Å². The Bertz CT molecular complexity index is 837. The molecule has 9 heteroatoms. The zero-order valence-corrected chi connectivity index (χ0v) is 14.1. The van der Waals surface area contributed by atoms with Crippen LogP contribution < -0.4 is 10.1 Å². The molecule has 0 aromatic heterocycles. The maximum atomic E-state index is 13.7. The fourth-order valence-electron chi connectivity index (χ4n) is 2.02. The first-order valence-corrected chi connectivity index (χ1v) is 7.46. The van der Waals surface area contributed by atoms with Crippen molar-refractivity contribution in [2.75, 3.05) is 26.0 Å². The molecule has 0 fully saturated rings. The molecule has 0 bridgehead atoms. The normalized spacial score (nSPS) is 10.1. The number of carbonyl (C=O) groups is 2. The van der Waals surface area contributed by atoms with E-state index in [1.165, 1.54) is 4.90 Å². The van der Waals surface area contributed by atoms with Crippen LogP contribution in [0.1, 0.15) is 10.4 Å². The number of nitro benzene ring substituents is 1. The van der Waals surface area contributed by atoms with E-state index >= 15 is 0 Å². The molecule has 0 aliphatic heterocycles. The minimum Gasteiger partial charge on any atom is -0.481 e. The van der Waals surface area contributed by atoms with Gasteiger partial charge in [-0.2, -0.15) is 0 Å². The molecule has 8 nitrogen and oxygen atoms in total. The Morgan fingerprint density at radius 2 is 1.85 bits per heavy atom. The van der Waals surface area contributed by atoms with E-state index in [-0.39, 0.29) is 11.7 Å². The summed E-state index contributed by atoms with van der Waals surface area (Å²) in [7, 11) is 3.26. The van der Waals surface area contributed by atoms with Crippen molar-refractivity contribution < 1.29 is 23.6 Å². The van der Waals surface area contributed by atoms with Gasteiger partial charge in [0, 0.05) is 31.4 Å². The lowest BCUT2D eigenvalue weighted by Gasteiger charge is -2.11. The number of nitrogens with one attached hydrogen (secondary N) is 1. The number of halogens is 1. The van der Waals surface area contributed by atoms with Crippen molar-refractivity contribution in [2.24, 2.45) is 0 Å². The van der Waals surface area contributed by atoms with Gasteiger partial charge in [-0.1, -0.05) is 0 Å². The Morgan fingerprint density at radius 3 is 2.38 bits per heavy atom. The zero-order valence-electron chi connectivity index (χ0n) is 14.1. The standard InChI is InChI=1S/C17H16FN3O5/c1-20(2)17(23)11-3-5-12(6-4-11)19-16(22)10-26-15-8-7-13(21(24)25)9-14(15)18/h3-9H,10H2,1-2H3,(H,19,22). The van der Waals surface area contributed by atoms with Crippen LogP contribution in [0.3, 0.4) is 0 Å². The first-order chi connectivity index (χ1) is 12.3. The summed E-state index contributed by atoms with van der Waals surface area (Å²) >= 11 is 0. The number of anilines is 1. The van der Waals surface area contributed by atoms with Gasteiger partial charge in [-0.3, -0.25) is 19.7 Å². The summed E-state index contributed by atoms with van der Waals surface area (Å²) in [6.45, 7) is -0.479. The fraction of sp³-hybridized carbons (Fsp3) is 0.176. The van der Waals surface area contributed by atoms with Crippen molar-refractivity contribution in [3.05, 3.63) is 64.0 Å². The number of benzene rings is 2. The molecule has 1 N–H and O–H groups in total. The Labute approximate surface area is 148 Å². The quantitative estimate of drug-likeness (QED) is 0.629. The largest absolute Gasteiger partial charge is 0.481 e. The van der Waals surface area contributed by atoms with Crippen molar-refractivity contribution in [3.8, 4) is 5.75 Å². The summed E-state index contributed by atoms with van der Waals surface area (Å²) in [5, 5.41) is 13.1. The predicted molar refractivity (Wildman–Crippen MR) is 91.6 cm³/mol. The van der Waals surface area contributed by atoms with E-state index in [1.54, 1.807) is 38.4 Å². The van der Waals surface area contributed by atoms with Crippen LogP contribution in [0, 0.1) is 15.9 Å². The lowest BCUT2D eigenvalue weighted by atomic mass is 10.2. The fourth-order valence-corrected chi connectivity index (χ4v) is 2.02. The average Bonchev–Trinajstić information content (AvgIpc) is 2.60. The molecule has 2 aromatic carbocycles. The van der Waals surface area contributed by atoms with Gasteiger partial charge in [-0.05, 0) is 30.3 Å². The summed E-state index contributed by atoms with van der Waals surface area (Å²) in [6.07, 6.45) is 0. The number of rotatable bonds is 6. The molecule has 2 aromatic rings. The number of nitrogens with zero attached hydrogens (tertiary/aromatic N) is 2. The Morgan fingerprint density at radius 1 is 1.19 bits per heavy atom. The molecule has 0 atom stereocenters. The van der Waals surface area contributed by atoms with E-state index in [9.17, 15) is 24.1 Å².